The van der Waals surface area contributed by atoms with Crippen molar-refractivity contribution in [3.63, 3.8) is 0 Å². The second-order valence-electron chi connectivity index (χ2n) is 6.60. The van der Waals surface area contributed by atoms with E-state index >= 15 is 0 Å². The third kappa shape index (κ3) is 2.23. The molecule has 1 amide bonds. The standard InChI is InChI=1S/C18H21N3O/c22-17(13-7-8-16-14(11-13)12-19-21-16)20-18(9-4-10-18)15-5-2-1-3-6-15/h1-3,5-6,12-13H,4,7-11H2,(H,19,21)(H,20,22). The van der Waals surface area contributed by atoms with E-state index in [2.05, 4.69) is 39.8 Å². The molecule has 4 rings (SSSR count). The van der Waals surface area contributed by atoms with Crippen LogP contribution in [0.3, 0.4) is 0 Å². The van der Waals surface area contributed by atoms with E-state index in [0.717, 1.165) is 32.1 Å². The van der Waals surface area contributed by atoms with Crippen molar-refractivity contribution in [1.29, 1.82) is 0 Å². The topological polar surface area (TPSA) is 57.8 Å². The highest BCUT2D eigenvalue weighted by atomic mass is 16.2. The van der Waals surface area contributed by atoms with Gasteiger partial charge in [0.25, 0.3) is 0 Å². The maximum atomic E-state index is 12.8. The normalized spacial score (nSPS) is 22.5. The Bertz CT molecular complexity index is 673. The van der Waals surface area contributed by atoms with Crippen LogP contribution in [0.1, 0.15) is 42.5 Å². The zero-order valence-electron chi connectivity index (χ0n) is 12.6. The van der Waals surface area contributed by atoms with E-state index in [1.165, 1.54) is 23.2 Å². The minimum Gasteiger partial charge on any atom is -0.346 e. The number of aromatic amines is 1. The lowest BCUT2D eigenvalue weighted by Gasteiger charge is -2.44. The maximum Gasteiger partial charge on any atom is 0.224 e. The molecule has 2 aliphatic carbocycles. The van der Waals surface area contributed by atoms with Crippen molar-refractivity contribution in [2.75, 3.05) is 0 Å². The van der Waals surface area contributed by atoms with Crippen molar-refractivity contribution in [3.8, 4) is 0 Å². The summed E-state index contributed by atoms with van der Waals surface area (Å²) in [5, 5.41) is 10.5. The van der Waals surface area contributed by atoms with E-state index in [4.69, 9.17) is 0 Å². The molecule has 0 bridgehead atoms. The van der Waals surface area contributed by atoms with Crippen molar-refractivity contribution in [2.45, 2.75) is 44.1 Å². The molecule has 1 aromatic heterocycles. The van der Waals surface area contributed by atoms with Crippen LogP contribution in [0.25, 0.3) is 0 Å². The Hall–Kier alpha value is -2.10. The lowest BCUT2D eigenvalue weighted by Crippen LogP contribution is -2.53. The molecule has 2 N–H and O–H groups in total. The quantitative estimate of drug-likeness (QED) is 0.914. The van der Waals surface area contributed by atoms with E-state index in [1.807, 2.05) is 12.3 Å². The number of H-pyrrole nitrogens is 1. The van der Waals surface area contributed by atoms with Gasteiger partial charge < -0.3 is 5.32 Å². The average Bonchev–Trinajstić information content (AvgIpc) is 2.99. The molecule has 1 atom stereocenters. The molecule has 4 heteroatoms. The summed E-state index contributed by atoms with van der Waals surface area (Å²) >= 11 is 0. The number of aromatic nitrogens is 2. The largest absolute Gasteiger partial charge is 0.346 e. The Morgan fingerprint density at radius 1 is 1.27 bits per heavy atom. The maximum absolute atomic E-state index is 12.8. The highest BCUT2D eigenvalue weighted by Gasteiger charge is 2.41. The molecule has 1 saturated carbocycles. The number of carbonyl (C=O) groups is 1. The van der Waals surface area contributed by atoms with Gasteiger partial charge in [0, 0.05) is 11.6 Å². The van der Waals surface area contributed by atoms with Crippen LogP contribution >= 0.6 is 0 Å². The molecule has 2 aliphatic rings. The van der Waals surface area contributed by atoms with E-state index in [9.17, 15) is 4.79 Å². The van der Waals surface area contributed by atoms with Gasteiger partial charge >= 0.3 is 0 Å². The molecule has 0 saturated heterocycles. The molecular weight excluding hydrogens is 274 g/mol. The molecular formula is C18H21N3O. The second-order valence-corrected chi connectivity index (χ2v) is 6.60. The minimum absolute atomic E-state index is 0.0753. The van der Waals surface area contributed by atoms with Crippen LogP contribution in [0, 0.1) is 5.92 Å². The number of amides is 1. The van der Waals surface area contributed by atoms with Crippen molar-refractivity contribution in [3.05, 3.63) is 53.3 Å². The first-order valence-electron chi connectivity index (χ1n) is 8.15. The van der Waals surface area contributed by atoms with Crippen molar-refractivity contribution >= 4 is 5.91 Å². The minimum atomic E-state index is -0.130. The number of hydrogen-bond acceptors (Lipinski definition) is 2. The molecule has 2 aromatic rings. The van der Waals surface area contributed by atoms with Gasteiger partial charge in [0.05, 0.1) is 11.7 Å². The number of nitrogens with one attached hydrogen (secondary N) is 2. The van der Waals surface area contributed by atoms with Gasteiger partial charge in [-0.25, -0.2) is 0 Å². The number of benzene rings is 1. The summed E-state index contributed by atoms with van der Waals surface area (Å²) in [6.45, 7) is 0. The fourth-order valence-electron chi connectivity index (χ4n) is 3.75. The third-order valence-electron chi connectivity index (χ3n) is 5.28. The Morgan fingerprint density at radius 3 is 2.82 bits per heavy atom. The Kier molecular flexibility index (Phi) is 3.25. The van der Waals surface area contributed by atoms with E-state index < -0.39 is 0 Å². The molecule has 1 fully saturated rings. The van der Waals surface area contributed by atoms with Crippen molar-refractivity contribution < 1.29 is 4.79 Å². The van der Waals surface area contributed by atoms with Gasteiger partial charge in [-0.15, -0.1) is 0 Å². The molecule has 1 unspecified atom stereocenters. The van der Waals surface area contributed by atoms with E-state index in [1.54, 1.807) is 0 Å². The van der Waals surface area contributed by atoms with E-state index in [0.29, 0.717) is 0 Å². The predicted octanol–water partition coefficient (Wildman–Crippen LogP) is 2.71. The summed E-state index contributed by atoms with van der Waals surface area (Å²) in [6, 6.07) is 10.4. The first kappa shape index (κ1) is 13.6. The summed E-state index contributed by atoms with van der Waals surface area (Å²) in [7, 11) is 0. The first-order chi connectivity index (χ1) is 10.8. The fourth-order valence-corrected chi connectivity index (χ4v) is 3.75. The van der Waals surface area contributed by atoms with Gasteiger partial charge in [-0.1, -0.05) is 30.3 Å². The molecule has 0 radical (unpaired) electrons. The van der Waals surface area contributed by atoms with Crippen LogP contribution in [0.15, 0.2) is 36.5 Å². The number of hydrogen-bond donors (Lipinski definition) is 2. The molecule has 4 nitrogen and oxygen atoms in total. The number of rotatable bonds is 3. The molecule has 0 aliphatic heterocycles. The van der Waals surface area contributed by atoms with Crippen molar-refractivity contribution in [2.24, 2.45) is 5.92 Å². The SMILES string of the molecule is O=C(NC1(c2ccccc2)CCC1)C1CCc2[nH]ncc2C1. The highest BCUT2D eigenvalue weighted by molar-refractivity contribution is 5.80. The lowest BCUT2D eigenvalue weighted by atomic mass is 9.71. The Balaban J connectivity index is 1.50. The summed E-state index contributed by atoms with van der Waals surface area (Å²) in [5.74, 6) is 0.279. The van der Waals surface area contributed by atoms with Gasteiger partial charge in [0.1, 0.15) is 0 Å². The van der Waals surface area contributed by atoms with Gasteiger partial charge in [0.2, 0.25) is 5.91 Å². The molecule has 1 heterocycles. The summed E-state index contributed by atoms with van der Waals surface area (Å²) in [4.78, 5) is 12.8. The smallest absolute Gasteiger partial charge is 0.224 e. The molecule has 1 aromatic carbocycles. The molecule has 22 heavy (non-hydrogen) atoms. The van der Waals surface area contributed by atoms with Gasteiger partial charge in [-0.05, 0) is 49.7 Å². The van der Waals surface area contributed by atoms with Crippen LogP contribution in [-0.4, -0.2) is 16.1 Å². The molecule has 0 spiro atoms. The van der Waals surface area contributed by atoms with Gasteiger partial charge in [0.15, 0.2) is 0 Å². The van der Waals surface area contributed by atoms with Gasteiger partial charge in [-0.3, -0.25) is 9.89 Å². The Labute approximate surface area is 130 Å². The zero-order valence-corrected chi connectivity index (χ0v) is 12.6. The van der Waals surface area contributed by atoms with Crippen LogP contribution in [0.5, 0.6) is 0 Å². The number of nitrogens with zero attached hydrogens (tertiary/aromatic N) is 1. The van der Waals surface area contributed by atoms with E-state index in [-0.39, 0.29) is 17.4 Å². The summed E-state index contributed by atoms with van der Waals surface area (Å²) in [5.41, 5.74) is 3.52. The lowest BCUT2D eigenvalue weighted by molar-refractivity contribution is -0.128. The Morgan fingerprint density at radius 2 is 2.09 bits per heavy atom. The van der Waals surface area contributed by atoms with Crippen molar-refractivity contribution in [1.82, 2.24) is 15.5 Å². The monoisotopic (exact) mass is 295 g/mol. The number of fused-ring (bicyclic) bond motifs is 1. The van der Waals surface area contributed by atoms with Crippen LogP contribution in [0.2, 0.25) is 0 Å². The first-order valence-corrected chi connectivity index (χ1v) is 8.15. The zero-order chi connectivity index (χ0) is 15.0. The van der Waals surface area contributed by atoms with Crippen LogP contribution < -0.4 is 5.32 Å². The summed E-state index contributed by atoms with van der Waals surface area (Å²) < 4.78 is 0. The fraction of sp³-hybridized carbons (Fsp3) is 0.444. The second kappa shape index (κ2) is 5.27. The number of aryl methyl sites for hydroxylation is 1. The predicted molar refractivity (Wildman–Crippen MR) is 84.2 cm³/mol. The molecule has 114 valence electrons. The average molecular weight is 295 g/mol. The van der Waals surface area contributed by atoms with Crippen LogP contribution in [-0.2, 0) is 23.2 Å². The highest BCUT2D eigenvalue weighted by Crippen LogP contribution is 2.41. The van der Waals surface area contributed by atoms with Gasteiger partial charge in [-0.2, -0.15) is 5.10 Å². The number of carbonyl (C=O) groups excluding carboxylic acids is 1. The third-order valence-corrected chi connectivity index (χ3v) is 5.28. The van der Waals surface area contributed by atoms with Crippen LogP contribution in [0.4, 0.5) is 0 Å². The summed E-state index contributed by atoms with van der Waals surface area (Å²) in [6.07, 6.45) is 7.79.